The summed E-state index contributed by atoms with van der Waals surface area (Å²) in [7, 11) is 1.54. The van der Waals surface area contributed by atoms with E-state index in [-0.39, 0.29) is 36.2 Å². The van der Waals surface area contributed by atoms with Crippen LogP contribution < -0.4 is 10.2 Å². The number of carboxylic acid groups (broad SMARTS) is 1. The second-order valence-corrected chi connectivity index (χ2v) is 9.08. The van der Waals surface area contributed by atoms with Gasteiger partial charge in [0.2, 0.25) is 5.88 Å². The Kier molecular flexibility index (Phi) is 9.31. The fraction of sp³-hybridized carbons (Fsp3) is 0.385. The highest BCUT2D eigenvalue weighted by Crippen LogP contribution is 2.20. The Morgan fingerprint density at radius 1 is 1.08 bits per heavy atom. The van der Waals surface area contributed by atoms with Crippen molar-refractivity contribution in [3.63, 3.8) is 0 Å². The minimum Gasteiger partial charge on any atom is -0.508 e. The van der Waals surface area contributed by atoms with Crippen molar-refractivity contribution >= 4 is 23.9 Å². The number of para-hydroxylation sites is 1. The number of furan rings is 1. The molecule has 0 fully saturated rings. The van der Waals surface area contributed by atoms with Crippen LogP contribution in [0.2, 0.25) is 0 Å². The third-order valence-electron chi connectivity index (χ3n) is 5.82. The second kappa shape index (κ2) is 12.6. The first-order valence-corrected chi connectivity index (χ1v) is 12.0. The van der Waals surface area contributed by atoms with Gasteiger partial charge in [0, 0.05) is 32.1 Å². The molecule has 1 aromatic carbocycles. The molecular weight excluding hydrogens is 480 g/mol. The van der Waals surface area contributed by atoms with Crippen molar-refractivity contribution in [2.75, 3.05) is 18.5 Å². The van der Waals surface area contributed by atoms with Gasteiger partial charge in [-0.1, -0.05) is 32.0 Å². The Morgan fingerprint density at radius 2 is 1.84 bits per heavy atom. The van der Waals surface area contributed by atoms with Crippen molar-refractivity contribution in [2.24, 2.45) is 5.92 Å². The third-order valence-corrected chi connectivity index (χ3v) is 5.82. The molecule has 0 aliphatic rings. The fourth-order valence-corrected chi connectivity index (χ4v) is 3.65. The van der Waals surface area contributed by atoms with Crippen LogP contribution in [-0.4, -0.2) is 57.8 Å². The maximum Gasteiger partial charge on any atom is 0.415 e. The fourth-order valence-electron chi connectivity index (χ4n) is 3.65. The Labute approximate surface area is 214 Å². The summed E-state index contributed by atoms with van der Waals surface area (Å²) < 4.78 is 10.7. The van der Waals surface area contributed by atoms with Gasteiger partial charge < -0.3 is 24.4 Å². The number of carbonyl (C=O) groups excluding carboxylic acids is 2. The topological polar surface area (TPSA) is 149 Å². The van der Waals surface area contributed by atoms with Crippen LogP contribution in [-0.2, 0) is 12.8 Å². The lowest BCUT2D eigenvalue weighted by Crippen LogP contribution is -2.48. The molecule has 0 saturated carbocycles. The van der Waals surface area contributed by atoms with Gasteiger partial charge in [0.05, 0.1) is 6.26 Å². The van der Waals surface area contributed by atoms with Gasteiger partial charge in [0.1, 0.15) is 12.0 Å². The van der Waals surface area contributed by atoms with Crippen molar-refractivity contribution in [1.29, 1.82) is 0 Å². The highest BCUT2D eigenvalue weighted by atomic mass is 16.4. The van der Waals surface area contributed by atoms with Crippen LogP contribution in [0.1, 0.15) is 48.6 Å². The lowest BCUT2D eigenvalue weighted by atomic mass is 10.0. The number of aromatic hydroxyl groups is 1. The first-order chi connectivity index (χ1) is 17.7. The number of anilines is 1. The smallest absolute Gasteiger partial charge is 0.415 e. The molecule has 0 spiro atoms. The van der Waals surface area contributed by atoms with E-state index in [1.807, 2.05) is 13.8 Å². The van der Waals surface area contributed by atoms with Crippen LogP contribution in [0.15, 0.2) is 57.8 Å². The van der Waals surface area contributed by atoms with Crippen LogP contribution in [0.25, 0.3) is 0 Å². The number of carbonyl (C=O) groups is 3. The Hall–Kier alpha value is -4.28. The van der Waals surface area contributed by atoms with Crippen LogP contribution >= 0.6 is 0 Å². The number of phenolic OH excluding ortho intramolecular Hbond substituents is 1. The number of amides is 4. The zero-order chi connectivity index (χ0) is 26.9. The monoisotopic (exact) mass is 512 g/mol. The van der Waals surface area contributed by atoms with E-state index in [2.05, 4.69) is 10.3 Å². The predicted octanol–water partition coefficient (Wildman–Crippen LogP) is 4.53. The molecule has 198 valence electrons. The number of imide groups is 1. The van der Waals surface area contributed by atoms with Gasteiger partial charge in [0.25, 0.3) is 5.91 Å². The van der Waals surface area contributed by atoms with Gasteiger partial charge in [0.15, 0.2) is 11.6 Å². The summed E-state index contributed by atoms with van der Waals surface area (Å²) in [6, 6.07) is 8.80. The van der Waals surface area contributed by atoms with Crippen molar-refractivity contribution < 1.29 is 33.4 Å². The first-order valence-electron chi connectivity index (χ1n) is 12.0. The Balaban J connectivity index is 1.74. The van der Waals surface area contributed by atoms with Gasteiger partial charge in [-0.2, -0.15) is 0 Å². The summed E-state index contributed by atoms with van der Waals surface area (Å²) >= 11 is 0. The molecule has 37 heavy (non-hydrogen) atoms. The van der Waals surface area contributed by atoms with E-state index < -0.39 is 24.1 Å². The molecule has 3 N–H and O–H groups in total. The second-order valence-electron chi connectivity index (χ2n) is 9.08. The highest BCUT2D eigenvalue weighted by Gasteiger charge is 2.26. The van der Waals surface area contributed by atoms with Gasteiger partial charge in [-0.05, 0) is 42.9 Å². The van der Waals surface area contributed by atoms with Gasteiger partial charge >= 0.3 is 12.1 Å². The molecule has 11 nitrogen and oxygen atoms in total. The van der Waals surface area contributed by atoms with E-state index in [1.165, 1.54) is 17.4 Å². The minimum absolute atomic E-state index is 0.0573. The van der Waals surface area contributed by atoms with E-state index in [0.717, 1.165) is 4.90 Å². The van der Waals surface area contributed by atoms with Gasteiger partial charge in [-0.3, -0.25) is 9.69 Å². The van der Waals surface area contributed by atoms with E-state index in [4.69, 9.17) is 8.83 Å². The number of rotatable bonds is 11. The Morgan fingerprint density at radius 3 is 2.49 bits per heavy atom. The maximum atomic E-state index is 12.9. The molecule has 3 rings (SSSR count). The largest absolute Gasteiger partial charge is 0.508 e. The number of phenols is 1. The van der Waals surface area contributed by atoms with E-state index in [9.17, 15) is 24.6 Å². The molecular formula is C26H32N4O7. The molecule has 4 amide bonds. The van der Waals surface area contributed by atoms with Gasteiger partial charge in [-0.25, -0.2) is 19.5 Å². The molecule has 2 aromatic heterocycles. The summed E-state index contributed by atoms with van der Waals surface area (Å²) in [4.78, 5) is 43.6. The SMILES string of the molecule is CC(C)CCN(C(=O)O)C(=O)N[C@@H](CCc1ccccc1O)Cc1nc(C(=O)N(C)c2ccco2)co1. The predicted molar refractivity (Wildman–Crippen MR) is 135 cm³/mol. The maximum absolute atomic E-state index is 12.9. The van der Waals surface area contributed by atoms with Crippen molar-refractivity contribution in [3.05, 3.63) is 66.1 Å². The minimum atomic E-state index is -1.34. The van der Waals surface area contributed by atoms with Gasteiger partial charge in [-0.15, -0.1) is 0 Å². The third kappa shape index (κ3) is 7.60. The zero-order valence-electron chi connectivity index (χ0n) is 21.1. The molecule has 0 radical (unpaired) electrons. The average Bonchev–Trinajstić information content (AvgIpc) is 3.55. The molecule has 11 heteroatoms. The van der Waals surface area contributed by atoms with Crippen LogP contribution in [0, 0.1) is 5.92 Å². The van der Waals surface area contributed by atoms with Crippen LogP contribution in [0.5, 0.6) is 5.75 Å². The number of nitrogens with zero attached hydrogens (tertiary/aromatic N) is 3. The first kappa shape index (κ1) is 27.3. The summed E-state index contributed by atoms with van der Waals surface area (Å²) in [5.41, 5.74) is 0.740. The molecule has 0 aliphatic carbocycles. The molecule has 0 unspecified atom stereocenters. The zero-order valence-corrected chi connectivity index (χ0v) is 21.1. The number of hydrogen-bond acceptors (Lipinski definition) is 7. The lowest BCUT2D eigenvalue weighted by Gasteiger charge is -2.23. The van der Waals surface area contributed by atoms with E-state index in [1.54, 1.807) is 43.4 Å². The Bertz CT molecular complexity index is 1190. The lowest BCUT2D eigenvalue weighted by molar-refractivity contribution is 0.0984. The van der Waals surface area contributed by atoms with E-state index in [0.29, 0.717) is 30.7 Å². The molecule has 3 aromatic rings. The summed E-state index contributed by atoms with van der Waals surface area (Å²) in [6.07, 6.45) is 2.73. The molecule has 0 saturated heterocycles. The van der Waals surface area contributed by atoms with Crippen molar-refractivity contribution in [2.45, 2.75) is 45.6 Å². The summed E-state index contributed by atoms with van der Waals surface area (Å²) in [6.45, 7) is 3.94. The van der Waals surface area contributed by atoms with E-state index >= 15 is 0 Å². The normalized spacial score (nSPS) is 11.8. The number of oxazole rings is 1. The average molecular weight is 513 g/mol. The summed E-state index contributed by atoms with van der Waals surface area (Å²) in [5.74, 6) is 0.446. The molecule has 0 aliphatic heterocycles. The number of hydrogen-bond donors (Lipinski definition) is 3. The van der Waals surface area contributed by atoms with Crippen LogP contribution in [0.4, 0.5) is 15.5 Å². The highest BCUT2D eigenvalue weighted by molar-refractivity contribution is 6.03. The van der Waals surface area contributed by atoms with Crippen LogP contribution in [0.3, 0.4) is 0 Å². The summed E-state index contributed by atoms with van der Waals surface area (Å²) in [5, 5.41) is 22.4. The number of aromatic nitrogens is 1. The molecule has 0 bridgehead atoms. The number of urea groups is 1. The quantitative estimate of drug-likeness (QED) is 0.339. The van der Waals surface area contributed by atoms with Crippen molar-refractivity contribution in [1.82, 2.24) is 15.2 Å². The number of aryl methyl sites for hydroxylation is 1. The number of nitrogens with one attached hydrogen (secondary N) is 1. The molecule has 2 heterocycles. The van der Waals surface area contributed by atoms with Crippen molar-refractivity contribution in [3.8, 4) is 5.75 Å². The molecule has 1 atom stereocenters. The number of benzene rings is 1. The standard InChI is InChI=1S/C26H32N4O7/c1-17(2)12-13-30(26(34)35)25(33)27-19(11-10-18-7-4-5-8-21(18)31)15-22-28-20(16-37-22)24(32)29(3)23-9-6-14-36-23/h4-9,14,16-17,19,31H,10-13,15H2,1-3H3,(H,27,33)(H,34,35)/t19-/m0/s1.